The molecule has 0 radical (unpaired) electrons. The van der Waals surface area contributed by atoms with Crippen LogP contribution in [0.25, 0.3) is 0 Å². The predicted molar refractivity (Wildman–Crippen MR) is 99.0 cm³/mol. The molecule has 28 heavy (non-hydrogen) atoms. The number of hydrogen-bond acceptors (Lipinski definition) is 5. The van der Waals surface area contributed by atoms with Crippen LogP contribution >= 0.6 is 0 Å². The average molecular weight is 381 g/mol. The molecular weight excluding hydrogens is 362 g/mol. The van der Waals surface area contributed by atoms with Crippen LogP contribution in [0.5, 0.6) is 0 Å². The molecule has 0 unspecified atom stereocenters. The van der Waals surface area contributed by atoms with Crippen LogP contribution in [0.3, 0.4) is 0 Å². The largest absolute Gasteiger partial charge is 0.465 e. The first-order valence-electron chi connectivity index (χ1n) is 8.75. The van der Waals surface area contributed by atoms with Gasteiger partial charge in [0.2, 0.25) is 0 Å². The van der Waals surface area contributed by atoms with Crippen molar-refractivity contribution < 1.29 is 23.9 Å². The molecule has 4 amide bonds. The van der Waals surface area contributed by atoms with Gasteiger partial charge in [0.25, 0.3) is 11.8 Å². The minimum Gasteiger partial charge on any atom is -0.465 e. The van der Waals surface area contributed by atoms with Gasteiger partial charge in [-0.1, -0.05) is 42.5 Å². The molecule has 2 aromatic carbocycles. The number of esters is 1. The summed E-state index contributed by atoms with van der Waals surface area (Å²) in [5.74, 6) is -1.80. The molecule has 1 N–H and O–H groups in total. The second kappa shape index (κ2) is 8.34. The van der Waals surface area contributed by atoms with Crippen molar-refractivity contribution in [1.29, 1.82) is 0 Å². The molecule has 8 nitrogen and oxygen atoms in total. The maximum atomic E-state index is 12.8. The highest BCUT2D eigenvalue weighted by molar-refractivity contribution is 6.21. The van der Waals surface area contributed by atoms with E-state index in [1.807, 2.05) is 6.07 Å². The summed E-state index contributed by atoms with van der Waals surface area (Å²) in [6, 6.07) is 14.5. The number of benzene rings is 2. The first-order chi connectivity index (χ1) is 13.5. The number of hydrogen-bond donors (Lipinski definition) is 1. The van der Waals surface area contributed by atoms with E-state index < -0.39 is 23.8 Å². The predicted octanol–water partition coefficient (Wildman–Crippen LogP) is 1.97. The van der Waals surface area contributed by atoms with E-state index >= 15 is 0 Å². The van der Waals surface area contributed by atoms with Crippen LogP contribution in [-0.4, -0.2) is 47.0 Å². The first kappa shape index (κ1) is 19.1. The quantitative estimate of drug-likeness (QED) is 0.610. The van der Waals surface area contributed by atoms with E-state index in [1.165, 1.54) is 12.1 Å². The molecule has 0 spiro atoms. The normalized spacial score (nSPS) is 12.5. The molecule has 0 aromatic heterocycles. The van der Waals surface area contributed by atoms with E-state index in [0.29, 0.717) is 5.56 Å². The lowest BCUT2D eigenvalue weighted by molar-refractivity contribution is -0.141. The number of nitrogens with zero attached hydrogens (tertiary/aromatic N) is 2. The summed E-state index contributed by atoms with van der Waals surface area (Å²) in [4.78, 5) is 49.9. The minimum atomic E-state index is -0.758. The van der Waals surface area contributed by atoms with Gasteiger partial charge < -0.3 is 10.1 Å². The van der Waals surface area contributed by atoms with Crippen LogP contribution in [-0.2, 0) is 16.1 Å². The first-order valence-corrected chi connectivity index (χ1v) is 8.75. The van der Waals surface area contributed by atoms with Crippen molar-refractivity contribution in [3.63, 3.8) is 0 Å². The highest BCUT2D eigenvalue weighted by Crippen LogP contribution is 2.25. The van der Waals surface area contributed by atoms with E-state index in [4.69, 9.17) is 4.74 Å². The third kappa shape index (κ3) is 3.85. The number of imide groups is 1. The van der Waals surface area contributed by atoms with Gasteiger partial charge in [0.05, 0.1) is 24.3 Å². The van der Waals surface area contributed by atoms with Crippen LogP contribution in [0.1, 0.15) is 33.2 Å². The summed E-state index contributed by atoms with van der Waals surface area (Å²) in [6.45, 7) is 1.43. The zero-order valence-electron chi connectivity index (χ0n) is 15.3. The van der Waals surface area contributed by atoms with Gasteiger partial charge >= 0.3 is 12.0 Å². The van der Waals surface area contributed by atoms with Crippen molar-refractivity contribution in [3.8, 4) is 0 Å². The molecule has 0 saturated carbocycles. The van der Waals surface area contributed by atoms with E-state index in [0.717, 1.165) is 10.0 Å². The van der Waals surface area contributed by atoms with Crippen molar-refractivity contribution in [3.05, 3.63) is 71.3 Å². The zero-order valence-corrected chi connectivity index (χ0v) is 15.3. The third-order valence-corrected chi connectivity index (χ3v) is 4.11. The van der Waals surface area contributed by atoms with E-state index in [-0.39, 0.29) is 30.8 Å². The molecule has 144 valence electrons. The molecule has 2 aromatic rings. The second-order valence-corrected chi connectivity index (χ2v) is 5.97. The van der Waals surface area contributed by atoms with Crippen molar-refractivity contribution in [1.82, 2.24) is 15.3 Å². The lowest BCUT2D eigenvalue weighted by Gasteiger charge is -2.30. The van der Waals surface area contributed by atoms with Crippen LogP contribution in [0.2, 0.25) is 0 Å². The van der Waals surface area contributed by atoms with Gasteiger partial charge in [-0.3, -0.25) is 14.4 Å². The number of ether oxygens (including phenoxy) is 1. The van der Waals surface area contributed by atoms with E-state index in [1.54, 1.807) is 43.3 Å². The summed E-state index contributed by atoms with van der Waals surface area (Å²) >= 11 is 0. The Morgan fingerprint density at radius 1 is 0.964 bits per heavy atom. The number of amides is 4. The third-order valence-electron chi connectivity index (χ3n) is 4.11. The van der Waals surface area contributed by atoms with Crippen LogP contribution in [0, 0.1) is 0 Å². The average Bonchev–Trinajstić information content (AvgIpc) is 2.96. The molecule has 1 aliphatic rings. The Balaban J connectivity index is 1.86. The molecule has 0 fully saturated rings. The van der Waals surface area contributed by atoms with E-state index in [9.17, 15) is 19.2 Å². The maximum absolute atomic E-state index is 12.8. The lowest BCUT2D eigenvalue weighted by atomic mass is 10.1. The number of rotatable bonds is 6. The zero-order chi connectivity index (χ0) is 20.1. The van der Waals surface area contributed by atoms with Gasteiger partial charge in [-0.2, -0.15) is 5.01 Å². The van der Waals surface area contributed by atoms with Gasteiger partial charge in [-0.25, -0.2) is 9.80 Å². The Morgan fingerprint density at radius 3 is 2.11 bits per heavy atom. The van der Waals surface area contributed by atoms with Crippen LogP contribution in [0.15, 0.2) is 54.6 Å². The van der Waals surface area contributed by atoms with Crippen LogP contribution in [0.4, 0.5) is 4.79 Å². The Kier molecular flexibility index (Phi) is 5.69. The minimum absolute atomic E-state index is 0.0268. The highest BCUT2D eigenvalue weighted by atomic mass is 16.5. The number of urea groups is 1. The number of carbonyl (C=O) groups is 4. The molecule has 0 bridgehead atoms. The topological polar surface area (TPSA) is 96.0 Å². The summed E-state index contributed by atoms with van der Waals surface area (Å²) in [6.07, 6.45) is 0. The summed E-state index contributed by atoms with van der Waals surface area (Å²) in [7, 11) is 0. The molecule has 8 heteroatoms. The monoisotopic (exact) mass is 381 g/mol. The van der Waals surface area contributed by atoms with Crippen molar-refractivity contribution >= 4 is 23.8 Å². The van der Waals surface area contributed by atoms with Gasteiger partial charge in [0, 0.05) is 0 Å². The lowest BCUT2D eigenvalue weighted by Crippen LogP contribution is -2.53. The van der Waals surface area contributed by atoms with Gasteiger partial charge in [-0.15, -0.1) is 0 Å². The molecule has 3 rings (SSSR count). The Morgan fingerprint density at radius 2 is 1.54 bits per heavy atom. The van der Waals surface area contributed by atoms with Crippen molar-refractivity contribution in [2.45, 2.75) is 13.5 Å². The Hall–Kier alpha value is -3.68. The fourth-order valence-electron chi connectivity index (χ4n) is 2.84. The van der Waals surface area contributed by atoms with Crippen molar-refractivity contribution in [2.24, 2.45) is 0 Å². The van der Waals surface area contributed by atoms with Crippen LogP contribution < -0.4 is 5.32 Å². The van der Waals surface area contributed by atoms with Gasteiger partial charge in [0.1, 0.15) is 6.54 Å². The van der Waals surface area contributed by atoms with Crippen molar-refractivity contribution in [2.75, 3.05) is 13.2 Å². The molecule has 1 aliphatic heterocycles. The number of carbonyl (C=O) groups excluding carboxylic acids is 4. The second-order valence-electron chi connectivity index (χ2n) is 5.97. The van der Waals surface area contributed by atoms with E-state index in [2.05, 4.69) is 5.32 Å². The summed E-state index contributed by atoms with van der Waals surface area (Å²) < 4.78 is 4.79. The number of fused-ring (bicyclic) bond motifs is 1. The maximum Gasteiger partial charge on any atom is 0.337 e. The summed E-state index contributed by atoms with van der Waals surface area (Å²) in [5.41, 5.74) is 1.16. The summed E-state index contributed by atoms with van der Waals surface area (Å²) in [5, 5.41) is 4.20. The SMILES string of the molecule is CCOC(=O)CNC(=O)N(Cc1ccccc1)N1C(=O)c2ccccc2C1=O. The molecular formula is C20H19N3O5. The molecule has 0 atom stereocenters. The standard InChI is InChI=1S/C20H19N3O5/c1-2-28-17(24)12-21-20(27)22(13-14-8-4-3-5-9-14)23-18(25)15-10-6-7-11-16(15)19(23)26/h3-11H,2,12-13H2,1H3,(H,21,27). The smallest absolute Gasteiger partial charge is 0.337 e. The molecule has 0 aliphatic carbocycles. The Bertz CT molecular complexity index is 878. The molecule has 0 saturated heterocycles. The highest BCUT2D eigenvalue weighted by Gasteiger charge is 2.41. The molecule has 1 heterocycles. The number of hydrazine groups is 1. The van der Waals surface area contributed by atoms with Gasteiger partial charge in [-0.05, 0) is 24.6 Å². The fraction of sp³-hybridized carbons (Fsp3) is 0.200. The Labute approximate surface area is 161 Å². The fourth-order valence-corrected chi connectivity index (χ4v) is 2.84. The number of nitrogens with one attached hydrogen (secondary N) is 1. The van der Waals surface area contributed by atoms with Gasteiger partial charge in [0.15, 0.2) is 0 Å².